The summed E-state index contributed by atoms with van der Waals surface area (Å²) < 4.78 is 26.2. The lowest BCUT2D eigenvalue weighted by Gasteiger charge is -2.03. The Balaban J connectivity index is 2.72. The third kappa shape index (κ3) is 1.50. The third-order valence-electron chi connectivity index (χ3n) is 1.96. The summed E-state index contributed by atoms with van der Waals surface area (Å²) >= 11 is 4.48. The molecular weight excluding hydrogens is 272 g/mol. The molecule has 0 radical (unpaired) electrons. The summed E-state index contributed by atoms with van der Waals surface area (Å²) in [5.41, 5.74) is 6.32. The lowest BCUT2D eigenvalue weighted by Crippen LogP contribution is -1.87. The average Bonchev–Trinajstić information content (AvgIpc) is 2.46. The smallest absolute Gasteiger partial charge is 0.264 e. The average molecular weight is 278 g/mol. The van der Waals surface area contributed by atoms with Crippen LogP contribution >= 0.6 is 27.3 Å². The van der Waals surface area contributed by atoms with Gasteiger partial charge in [0.05, 0.1) is 5.69 Å². The van der Waals surface area contributed by atoms with Crippen molar-refractivity contribution in [2.75, 3.05) is 5.73 Å². The largest absolute Gasteiger partial charge is 0.398 e. The first kappa shape index (κ1) is 9.86. The molecule has 2 N–H and O–H groups in total. The van der Waals surface area contributed by atoms with Crippen LogP contribution in [0.25, 0.3) is 10.1 Å². The molecule has 0 fully saturated rings. The van der Waals surface area contributed by atoms with Gasteiger partial charge in [-0.1, -0.05) is 15.9 Å². The van der Waals surface area contributed by atoms with Crippen LogP contribution in [0, 0.1) is 0 Å². The van der Waals surface area contributed by atoms with Crippen molar-refractivity contribution in [3.05, 3.63) is 27.5 Å². The molecule has 74 valence electrons. The highest BCUT2D eigenvalue weighted by Gasteiger charge is 2.14. The number of nitrogen functional groups attached to an aromatic ring is 1. The Kier molecular flexibility index (Phi) is 2.45. The van der Waals surface area contributed by atoms with Gasteiger partial charge in [-0.3, -0.25) is 0 Å². The van der Waals surface area contributed by atoms with E-state index in [1.807, 2.05) is 0 Å². The minimum absolute atomic E-state index is 0.0133. The molecule has 0 spiro atoms. The topological polar surface area (TPSA) is 26.0 Å². The molecule has 5 heteroatoms. The van der Waals surface area contributed by atoms with E-state index in [2.05, 4.69) is 15.9 Å². The van der Waals surface area contributed by atoms with Crippen molar-refractivity contribution in [3.8, 4) is 0 Å². The molecular formula is C9H6BrF2NS. The zero-order chi connectivity index (χ0) is 10.3. The predicted molar refractivity (Wildman–Crippen MR) is 58.9 cm³/mol. The maximum atomic E-state index is 12.5. The molecule has 2 rings (SSSR count). The number of alkyl halides is 2. The quantitative estimate of drug-likeness (QED) is 0.831. The number of hydrogen-bond acceptors (Lipinski definition) is 2. The van der Waals surface area contributed by atoms with Gasteiger partial charge in [0.1, 0.15) is 0 Å². The van der Waals surface area contributed by atoms with Crippen LogP contribution in [0.2, 0.25) is 0 Å². The highest BCUT2D eigenvalue weighted by Crippen LogP contribution is 2.36. The Bertz CT molecular complexity index is 481. The molecule has 0 bridgehead atoms. The molecule has 0 amide bonds. The molecule has 0 unspecified atom stereocenters. The second kappa shape index (κ2) is 3.47. The van der Waals surface area contributed by atoms with Gasteiger partial charge in [-0.25, -0.2) is 8.78 Å². The Morgan fingerprint density at radius 2 is 2.07 bits per heavy atom. The van der Waals surface area contributed by atoms with Crippen molar-refractivity contribution >= 4 is 43.0 Å². The minimum atomic E-state index is -2.46. The lowest BCUT2D eigenvalue weighted by atomic mass is 10.2. The number of thiophene rings is 1. The Labute approximate surface area is 91.7 Å². The van der Waals surface area contributed by atoms with E-state index in [-0.39, 0.29) is 5.56 Å². The zero-order valence-electron chi connectivity index (χ0n) is 6.93. The molecule has 0 aliphatic heterocycles. The minimum Gasteiger partial charge on any atom is -0.398 e. The Morgan fingerprint density at radius 3 is 2.71 bits per heavy atom. The van der Waals surface area contributed by atoms with Crippen molar-refractivity contribution < 1.29 is 8.78 Å². The van der Waals surface area contributed by atoms with Crippen molar-refractivity contribution in [3.63, 3.8) is 0 Å². The molecule has 0 aliphatic rings. The summed E-state index contributed by atoms with van der Waals surface area (Å²) in [5, 5.41) is 2.58. The molecule has 2 aromatic rings. The summed E-state index contributed by atoms with van der Waals surface area (Å²) in [5.74, 6) is 0. The van der Waals surface area contributed by atoms with Crippen LogP contribution in [0.1, 0.15) is 12.0 Å². The first-order chi connectivity index (χ1) is 6.59. The van der Waals surface area contributed by atoms with Gasteiger partial charge in [0.25, 0.3) is 6.43 Å². The fourth-order valence-corrected chi connectivity index (χ4v) is 2.65. The van der Waals surface area contributed by atoms with Gasteiger partial charge in [0.2, 0.25) is 0 Å². The first-order valence-corrected chi connectivity index (χ1v) is 5.51. The summed E-state index contributed by atoms with van der Waals surface area (Å²) in [6.07, 6.45) is -2.46. The maximum absolute atomic E-state index is 12.5. The fourth-order valence-electron chi connectivity index (χ4n) is 1.25. The zero-order valence-corrected chi connectivity index (χ0v) is 9.33. The van der Waals surface area contributed by atoms with E-state index >= 15 is 0 Å². The van der Waals surface area contributed by atoms with E-state index in [0.717, 1.165) is 10.1 Å². The highest BCUT2D eigenvalue weighted by atomic mass is 79.9. The molecule has 1 nitrogen and oxygen atoms in total. The van der Waals surface area contributed by atoms with E-state index in [0.29, 0.717) is 10.2 Å². The van der Waals surface area contributed by atoms with Crippen molar-refractivity contribution in [2.45, 2.75) is 6.43 Å². The normalized spacial score (nSPS) is 11.4. The van der Waals surface area contributed by atoms with Gasteiger partial charge in [-0.05, 0) is 12.1 Å². The van der Waals surface area contributed by atoms with Crippen LogP contribution in [-0.2, 0) is 0 Å². The van der Waals surface area contributed by atoms with Crippen LogP contribution in [0.3, 0.4) is 0 Å². The van der Waals surface area contributed by atoms with Gasteiger partial charge >= 0.3 is 0 Å². The second-order valence-corrected chi connectivity index (χ2v) is 4.63. The van der Waals surface area contributed by atoms with Gasteiger partial charge in [0, 0.05) is 25.5 Å². The van der Waals surface area contributed by atoms with Gasteiger partial charge < -0.3 is 5.73 Å². The SMILES string of the molecule is Nc1csc2cc(C(F)F)c(Br)cc12. The van der Waals surface area contributed by atoms with Crippen LogP contribution in [0.5, 0.6) is 0 Å². The predicted octanol–water partition coefficient (Wildman–Crippen LogP) is 4.18. The summed E-state index contributed by atoms with van der Waals surface area (Å²) in [6, 6.07) is 3.12. The fraction of sp³-hybridized carbons (Fsp3) is 0.111. The number of halogens is 3. The molecule has 0 atom stereocenters. The van der Waals surface area contributed by atoms with Crippen LogP contribution < -0.4 is 5.73 Å². The van der Waals surface area contributed by atoms with E-state index < -0.39 is 6.43 Å². The molecule has 14 heavy (non-hydrogen) atoms. The van der Waals surface area contributed by atoms with Gasteiger partial charge in [0.15, 0.2) is 0 Å². The number of hydrogen-bond donors (Lipinski definition) is 1. The number of anilines is 1. The van der Waals surface area contributed by atoms with Gasteiger partial charge in [-0.2, -0.15) is 0 Å². The van der Waals surface area contributed by atoms with Crippen LogP contribution in [-0.4, -0.2) is 0 Å². The van der Waals surface area contributed by atoms with E-state index in [1.165, 1.54) is 17.4 Å². The molecule has 1 aromatic carbocycles. The van der Waals surface area contributed by atoms with Crippen LogP contribution in [0.4, 0.5) is 14.5 Å². The van der Waals surface area contributed by atoms with Crippen molar-refractivity contribution in [1.29, 1.82) is 0 Å². The summed E-state index contributed by atoms with van der Waals surface area (Å²) in [4.78, 5) is 0. The number of fused-ring (bicyclic) bond motifs is 1. The first-order valence-electron chi connectivity index (χ1n) is 3.84. The van der Waals surface area contributed by atoms with Crippen LogP contribution in [0.15, 0.2) is 22.0 Å². The standard InChI is InChI=1S/C9H6BrF2NS/c10-6-1-5-7(13)3-14-8(5)2-4(6)9(11)12/h1-3,9H,13H2. The number of nitrogens with two attached hydrogens (primary N) is 1. The molecule has 0 aliphatic carbocycles. The summed E-state index contributed by atoms with van der Waals surface area (Å²) in [7, 11) is 0. The maximum Gasteiger partial charge on any atom is 0.264 e. The van der Waals surface area contributed by atoms with E-state index in [1.54, 1.807) is 11.4 Å². The van der Waals surface area contributed by atoms with E-state index in [9.17, 15) is 8.78 Å². The lowest BCUT2D eigenvalue weighted by molar-refractivity contribution is 0.151. The number of rotatable bonds is 1. The van der Waals surface area contributed by atoms with E-state index in [4.69, 9.17) is 5.73 Å². The second-order valence-electron chi connectivity index (χ2n) is 2.86. The van der Waals surface area contributed by atoms with Crippen molar-refractivity contribution in [2.24, 2.45) is 0 Å². The molecule has 0 saturated heterocycles. The summed E-state index contributed by atoms with van der Waals surface area (Å²) in [6.45, 7) is 0. The monoisotopic (exact) mass is 277 g/mol. The highest BCUT2D eigenvalue weighted by molar-refractivity contribution is 9.10. The molecule has 1 aromatic heterocycles. The molecule has 0 saturated carbocycles. The Morgan fingerprint density at radius 1 is 1.36 bits per heavy atom. The number of benzene rings is 1. The molecule has 1 heterocycles. The third-order valence-corrected chi connectivity index (χ3v) is 3.61. The van der Waals surface area contributed by atoms with Crippen molar-refractivity contribution in [1.82, 2.24) is 0 Å². The van der Waals surface area contributed by atoms with Gasteiger partial charge in [-0.15, -0.1) is 11.3 Å². The Hall–Kier alpha value is -0.680.